The van der Waals surface area contributed by atoms with Crippen molar-refractivity contribution in [3.63, 3.8) is 0 Å². The lowest BCUT2D eigenvalue weighted by Gasteiger charge is -2.21. The van der Waals surface area contributed by atoms with Crippen molar-refractivity contribution in [1.82, 2.24) is 4.90 Å². The van der Waals surface area contributed by atoms with E-state index >= 15 is 0 Å². The van der Waals surface area contributed by atoms with Crippen molar-refractivity contribution in [1.29, 1.82) is 0 Å². The lowest BCUT2D eigenvalue weighted by Crippen LogP contribution is -2.29. The van der Waals surface area contributed by atoms with Gasteiger partial charge in [-0.25, -0.2) is 12.8 Å². The first-order valence-electron chi connectivity index (χ1n) is 9.84. The van der Waals surface area contributed by atoms with Gasteiger partial charge in [0.15, 0.2) is 0 Å². The van der Waals surface area contributed by atoms with Crippen LogP contribution in [0, 0.1) is 5.82 Å². The second-order valence-electron chi connectivity index (χ2n) is 8.17. The minimum atomic E-state index is -4.03. The Morgan fingerprint density at radius 3 is 2.34 bits per heavy atom. The summed E-state index contributed by atoms with van der Waals surface area (Å²) in [5.41, 5.74) is -0.338. The minimum Gasteiger partial charge on any atom is -0.460 e. The Labute approximate surface area is 192 Å². The van der Waals surface area contributed by atoms with E-state index in [1.807, 2.05) is 0 Å². The molecule has 2 aromatic carbocycles. The summed E-state index contributed by atoms with van der Waals surface area (Å²) in [5.74, 6) is -1.28. The summed E-state index contributed by atoms with van der Waals surface area (Å²) < 4.78 is 45.8. The molecule has 0 radical (unpaired) electrons. The van der Waals surface area contributed by atoms with Gasteiger partial charge in [-0.3, -0.25) is 14.3 Å². The fraction of sp³-hybridized carbons (Fsp3) is 0.364. The van der Waals surface area contributed by atoms with Gasteiger partial charge in [0, 0.05) is 25.6 Å². The van der Waals surface area contributed by atoms with E-state index in [1.54, 1.807) is 27.8 Å². The number of nitrogens with zero attached hydrogens (tertiary/aromatic N) is 1. The van der Waals surface area contributed by atoms with E-state index in [0.717, 1.165) is 24.3 Å². The number of ether oxygens (including phenoxy) is 1. The van der Waals surface area contributed by atoms with Crippen LogP contribution >= 0.6 is 11.6 Å². The first-order valence-corrected chi connectivity index (χ1v) is 11.7. The monoisotopic (exact) mass is 484 g/mol. The smallest absolute Gasteiger partial charge is 0.306 e. The van der Waals surface area contributed by atoms with Crippen molar-refractivity contribution in [2.24, 2.45) is 0 Å². The average Bonchev–Trinajstić information content (AvgIpc) is 2.67. The Morgan fingerprint density at radius 1 is 1.12 bits per heavy atom. The van der Waals surface area contributed by atoms with E-state index in [4.69, 9.17) is 16.3 Å². The number of amides is 1. The quantitative estimate of drug-likeness (QED) is 0.558. The molecule has 7 nitrogen and oxygen atoms in total. The third-order valence-corrected chi connectivity index (χ3v) is 5.93. The van der Waals surface area contributed by atoms with E-state index in [1.165, 1.54) is 23.1 Å². The number of anilines is 1. The molecule has 1 amide bonds. The van der Waals surface area contributed by atoms with Crippen LogP contribution in [0.15, 0.2) is 47.4 Å². The van der Waals surface area contributed by atoms with Crippen LogP contribution in [0.2, 0.25) is 5.02 Å². The van der Waals surface area contributed by atoms with E-state index in [-0.39, 0.29) is 39.5 Å². The number of benzene rings is 2. The summed E-state index contributed by atoms with van der Waals surface area (Å²) in [7, 11) is -2.45. The molecule has 2 aromatic rings. The molecule has 0 aliphatic carbocycles. The summed E-state index contributed by atoms with van der Waals surface area (Å²) >= 11 is 6.11. The number of sulfonamides is 1. The standard InChI is InChI=1S/C22H26ClFN2O5S/c1-22(2,3)31-20(27)6-5-13-26(4)21(28)15-7-12-18(23)19(14-15)25-32(29,30)17-10-8-16(24)9-11-17/h7-12,14,25H,5-6,13H2,1-4H3. The molecule has 10 heteroatoms. The highest BCUT2D eigenvalue weighted by atomic mass is 35.5. The van der Waals surface area contributed by atoms with Gasteiger partial charge in [0.05, 0.1) is 15.6 Å². The van der Waals surface area contributed by atoms with Gasteiger partial charge in [-0.05, 0) is 69.7 Å². The van der Waals surface area contributed by atoms with Gasteiger partial charge < -0.3 is 9.64 Å². The number of nitrogens with one attached hydrogen (secondary N) is 1. The maximum atomic E-state index is 13.1. The highest BCUT2D eigenvalue weighted by molar-refractivity contribution is 7.92. The Morgan fingerprint density at radius 2 is 1.75 bits per heavy atom. The molecular formula is C22H26ClFN2O5S. The van der Waals surface area contributed by atoms with Crippen LogP contribution in [0.4, 0.5) is 10.1 Å². The van der Waals surface area contributed by atoms with Gasteiger partial charge in [0.25, 0.3) is 15.9 Å². The number of rotatable bonds is 8. The van der Waals surface area contributed by atoms with Gasteiger partial charge in [-0.1, -0.05) is 11.6 Å². The van der Waals surface area contributed by atoms with E-state index in [0.29, 0.717) is 13.0 Å². The first-order chi connectivity index (χ1) is 14.8. The normalized spacial score (nSPS) is 11.7. The summed E-state index contributed by atoms with van der Waals surface area (Å²) in [6.07, 6.45) is 0.576. The summed E-state index contributed by atoms with van der Waals surface area (Å²) in [4.78, 5) is 25.8. The summed E-state index contributed by atoms with van der Waals surface area (Å²) in [6.45, 7) is 5.65. The van der Waals surface area contributed by atoms with Crippen molar-refractivity contribution >= 4 is 39.2 Å². The molecule has 0 atom stereocenters. The fourth-order valence-corrected chi connectivity index (χ4v) is 4.02. The Kier molecular flexibility index (Phi) is 8.25. The number of halogens is 2. The summed E-state index contributed by atoms with van der Waals surface area (Å²) in [6, 6.07) is 8.52. The second-order valence-corrected chi connectivity index (χ2v) is 10.3. The van der Waals surface area contributed by atoms with Crippen LogP contribution in [-0.4, -0.2) is 44.4 Å². The van der Waals surface area contributed by atoms with Gasteiger partial charge in [0.2, 0.25) is 0 Å². The molecule has 0 aliphatic rings. The molecule has 0 fully saturated rings. The third-order valence-electron chi connectivity index (χ3n) is 4.22. The highest BCUT2D eigenvalue weighted by Gasteiger charge is 2.20. The second kappa shape index (κ2) is 10.3. The van der Waals surface area contributed by atoms with Gasteiger partial charge in [0.1, 0.15) is 11.4 Å². The van der Waals surface area contributed by atoms with Crippen LogP contribution < -0.4 is 4.72 Å². The molecule has 0 unspecified atom stereocenters. The third kappa shape index (κ3) is 7.49. The van der Waals surface area contributed by atoms with E-state index < -0.39 is 21.4 Å². The highest BCUT2D eigenvalue weighted by Crippen LogP contribution is 2.26. The summed E-state index contributed by atoms with van der Waals surface area (Å²) in [5, 5.41) is 0.0971. The fourth-order valence-electron chi connectivity index (χ4n) is 2.73. The predicted octanol–water partition coefficient (Wildman–Crippen LogP) is 4.47. The lowest BCUT2D eigenvalue weighted by molar-refractivity contribution is -0.154. The maximum absolute atomic E-state index is 13.1. The largest absolute Gasteiger partial charge is 0.460 e. The van der Waals surface area contributed by atoms with Crippen molar-refractivity contribution < 1.29 is 27.1 Å². The average molecular weight is 485 g/mol. The van der Waals surface area contributed by atoms with Gasteiger partial charge in [-0.2, -0.15) is 0 Å². The van der Waals surface area contributed by atoms with Crippen molar-refractivity contribution in [2.75, 3.05) is 18.3 Å². The molecule has 174 valence electrons. The van der Waals surface area contributed by atoms with Crippen LogP contribution in [-0.2, 0) is 19.6 Å². The molecule has 0 spiro atoms. The molecular weight excluding hydrogens is 459 g/mol. The van der Waals surface area contributed by atoms with Crippen LogP contribution in [0.25, 0.3) is 0 Å². The number of carbonyl (C=O) groups is 2. The number of carbonyl (C=O) groups excluding carboxylic acids is 2. The van der Waals surface area contributed by atoms with Crippen LogP contribution in [0.5, 0.6) is 0 Å². The molecule has 0 aliphatic heterocycles. The Bertz CT molecular complexity index is 1080. The Balaban J connectivity index is 2.06. The predicted molar refractivity (Wildman–Crippen MR) is 121 cm³/mol. The maximum Gasteiger partial charge on any atom is 0.306 e. The van der Waals surface area contributed by atoms with E-state index in [9.17, 15) is 22.4 Å². The Hall–Kier alpha value is -2.65. The molecule has 0 heterocycles. The zero-order chi connectivity index (χ0) is 24.1. The topological polar surface area (TPSA) is 92.8 Å². The van der Waals surface area contributed by atoms with Gasteiger partial charge >= 0.3 is 5.97 Å². The molecule has 0 saturated heterocycles. The zero-order valence-electron chi connectivity index (χ0n) is 18.3. The molecule has 2 rings (SSSR count). The molecule has 0 bridgehead atoms. The zero-order valence-corrected chi connectivity index (χ0v) is 19.9. The van der Waals surface area contributed by atoms with Crippen molar-refractivity contribution in [3.8, 4) is 0 Å². The van der Waals surface area contributed by atoms with Gasteiger partial charge in [-0.15, -0.1) is 0 Å². The molecule has 1 N–H and O–H groups in total. The van der Waals surface area contributed by atoms with Crippen LogP contribution in [0.3, 0.4) is 0 Å². The number of hydrogen-bond acceptors (Lipinski definition) is 5. The number of esters is 1. The molecule has 0 aromatic heterocycles. The molecule has 32 heavy (non-hydrogen) atoms. The number of hydrogen-bond donors (Lipinski definition) is 1. The SMILES string of the molecule is CN(CCCC(=O)OC(C)(C)C)C(=O)c1ccc(Cl)c(NS(=O)(=O)c2ccc(F)cc2)c1. The first kappa shape index (κ1) is 25.6. The lowest BCUT2D eigenvalue weighted by atomic mass is 10.1. The van der Waals surface area contributed by atoms with E-state index in [2.05, 4.69) is 4.72 Å². The van der Waals surface area contributed by atoms with Crippen molar-refractivity contribution in [2.45, 2.75) is 44.1 Å². The van der Waals surface area contributed by atoms with Crippen molar-refractivity contribution in [3.05, 3.63) is 58.9 Å². The van der Waals surface area contributed by atoms with Crippen LogP contribution in [0.1, 0.15) is 44.0 Å². The molecule has 0 saturated carbocycles. The minimum absolute atomic E-state index is 0.0176.